The van der Waals surface area contributed by atoms with Crippen LogP contribution in [0.25, 0.3) is 0 Å². The highest BCUT2D eigenvalue weighted by Gasteiger charge is 2.14. The van der Waals surface area contributed by atoms with E-state index in [1.54, 1.807) is 12.1 Å². The van der Waals surface area contributed by atoms with Crippen LogP contribution < -0.4 is 0 Å². The quantitative estimate of drug-likeness (QED) is 0.471. The lowest BCUT2D eigenvalue weighted by Crippen LogP contribution is -2.01. The van der Waals surface area contributed by atoms with Crippen molar-refractivity contribution in [3.8, 4) is 0 Å². The lowest BCUT2D eigenvalue weighted by molar-refractivity contribution is -0.384. The molecule has 0 amide bonds. The number of ketones is 1. The van der Waals surface area contributed by atoms with Crippen LogP contribution in [0.1, 0.15) is 28.6 Å². The molecular weight excluding hydrogens is 234 g/mol. The minimum atomic E-state index is -0.477. The van der Waals surface area contributed by atoms with Crippen LogP contribution in [0.3, 0.4) is 0 Å². The first-order chi connectivity index (χ1) is 8.58. The molecule has 0 N–H and O–H groups in total. The Morgan fingerprint density at radius 2 is 2.17 bits per heavy atom. The first-order valence-electron chi connectivity index (χ1n) is 5.38. The molecule has 1 aromatic carbocycles. The summed E-state index contributed by atoms with van der Waals surface area (Å²) in [7, 11) is 0. The summed E-state index contributed by atoms with van der Waals surface area (Å²) in [6.45, 7) is 1.44. The Morgan fingerprint density at radius 3 is 2.72 bits per heavy atom. The number of carbonyl (C=O) groups is 1. The molecule has 2 rings (SSSR count). The van der Waals surface area contributed by atoms with Gasteiger partial charge in [0.15, 0.2) is 5.78 Å². The first kappa shape index (κ1) is 12.0. The van der Waals surface area contributed by atoms with Crippen molar-refractivity contribution >= 4 is 11.5 Å². The number of hydrogen-bond donors (Lipinski definition) is 0. The van der Waals surface area contributed by atoms with Crippen molar-refractivity contribution < 1.29 is 14.1 Å². The van der Waals surface area contributed by atoms with Gasteiger partial charge in [-0.1, -0.05) is 0 Å². The zero-order valence-electron chi connectivity index (χ0n) is 9.75. The van der Waals surface area contributed by atoms with Crippen LogP contribution >= 0.6 is 0 Å². The third-order valence-corrected chi connectivity index (χ3v) is 2.62. The number of nitrogens with zero attached hydrogens (tertiary/aromatic N) is 1. The lowest BCUT2D eigenvalue weighted by Gasteiger charge is -2.05. The summed E-state index contributed by atoms with van der Waals surface area (Å²) in [4.78, 5) is 21.7. The first-order valence-corrected chi connectivity index (χ1v) is 5.38. The molecule has 0 fully saturated rings. The van der Waals surface area contributed by atoms with Crippen molar-refractivity contribution in [1.29, 1.82) is 0 Å². The highest BCUT2D eigenvalue weighted by Crippen LogP contribution is 2.21. The summed E-state index contributed by atoms with van der Waals surface area (Å²) in [6.07, 6.45) is 1.89. The van der Waals surface area contributed by atoms with Crippen molar-refractivity contribution in [3.05, 3.63) is 63.6 Å². The van der Waals surface area contributed by atoms with Crippen LogP contribution in [-0.2, 0) is 6.42 Å². The van der Waals surface area contributed by atoms with E-state index in [1.165, 1.54) is 31.4 Å². The zero-order chi connectivity index (χ0) is 13.1. The van der Waals surface area contributed by atoms with E-state index in [4.69, 9.17) is 4.42 Å². The molecule has 0 aliphatic rings. The number of carbonyl (C=O) groups excluding carboxylic acids is 1. The van der Waals surface area contributed by atoms with Crippen molar-refractivity contribution in [2.45, 2.75) is 13.3 Å². The van der Waals surface area contributed by atoms with Gasteiger partial charge in [-0.2, -0.15) is 0 Å². The van der Waals surface area contributed by atoms with Gasteiger partial charge >= 0.3 is 0 Å². The highest BCUT2D eigenvalue weighted by molar-refractivity contribution is 5.95. The topological polar surface area (TPSA) is 73.3 Å². The molecule has 92 valence electrons. The fourth-order valence-electron chi connectivity index (χ4n) is 1.78. The second-order valence-corrected chi connectivity index (χ2v) is 3.91. The monoisotopic (exact) mass is 245 g/mol. The van der Waals surface area contributed by atoms with Gasteiger partial charge in [-0.15, -0.1) is 0 Å². The van der Waals surface area contributed by atoms with Gasteiger partial charge in [0.05, 0.1) is 11.2 Å². The number of rotatable bonds is 4. The van der Waals surface area contributed by atoms with Crippen LogP contribution in [0, 0.1) is 10.1 Å². The van der Waals surface area contributed by atoms with Crippen LogP contribution in [0.5, 0.6) is 0 Å². The molecule has 0 saturated carbocycles. The third kappa shape index (κ3) is 2.45. The second kappa shape index (κ2) is 4.83. The fraction of sp³-hybridized carbons (Fsp3) is 0.154. The van der Waals surface area contributed by atoms with Gasteiger partial charge in [0.1, 0.15) is 5.76 Å². The molecule has 18 heavy (non-hydrogen) atoms. The number of hydrogen-bond acceptors (Lipinski definition) is 4. The Kier molecular flexibility index (Phi) is 3.23. The predicted octanol–water partition coefficient (Wildman–Crippen LogP) is 2.98. The second-order valence-electron chi connectivity index (χ2n) is 3.91. The van der Waals surface area contributed by atoms with Gasteiger partial charge in [-0.25, -0.2) is 0 Å². The van der Waals surface area contributed by atoms with Gasteiger partial charge in [0.2, 0.25) is 0 Å². The molecule has 0 aliphatic carbocycles. The van der Waals surface area contributed by atoms with Crippen LogP contribution in [-0.4, -0.2) is 10.7 Å². The predicted molar refractivity (Wildman–Crippen MR) is 64.6 cm³/mol. The van der Waals surface area contributed by atoms with E-state index in [0.717, 1.165) is 0 Å². The van der Waals surface area contributed by atoms with E-state index < -0.39 is 4.92 Å². The minimum Gasteiger partial charge on any atom is -0.469 e. The Morgan fingerprint density at radius 1 is 1.39 bits per heavy atom. The summed E-state index contributed by atoms with van der Waals surface area (Å²) in [5, 5.41) is 10.7. The van der Waals surface area contributed by atoms with E-state index >= 15 is 0 Å². The molecule has 0 atom stereocenters. The normalized spacial score (nSPS) is 10.3. The van der Waals surface area contributed by atoms with Crippen molar-refractivity contribution in [2.75, 3.05) is 0 Å². The van der Waals surface area contributed by atoms with Crippen LogP contribution in [0.4, 0.5) is 5.69 Å². The van der Waals surface area contributed by atoms with E-state index in [2.05, 4.69) is 0 Å². The molecule has 2 aromatic rings. The summed E-state index contributed by atoms with van der Waals surface area (Å²) >= 11 is 0. The number of nitro benzene ring substituents is 1. The average Bonchev–Trinajstić information content (AvgIpc) is 2.81. The van der Waals surface area contributed by atoms with Crippen molar-refractivity contribution in [2.24, 2.45) is 0 Å². The smallest absolute Gasteiger partial charge is 0.269 e. The summed E-state index contributed by atoms with van der Waals surface area (Å²) in [5.74, 6) is 0.546. The van der Waals surface area contributed by atoms with Gasteiger partial charge in [0, 0.05) is 24.1 Å². The lowest BCUT2D eigenvalue weighted by atomic mass is 10.00. The molecular formula is C13H11NO4. The standard InChI is InChI=1S/C13H11NO4/c1-9(15)13-5-4-11(14(16)17)7-10(13)8-12-3-2-6-18-12/h2-7H,8H2,1H3. The molecule has 0 unspecified atom stereocenters. The number of nitro groups is 1. The molecule has 5 heteroatoms. The van der Waals surface area contributed by atoms with Gasteiger partial charge < -0.3 is 4.42 Å². The largest absolute Gasteiger partial charge is 0.469 e. The van der Waals surface area contributed by atoms with E-state index in [0.29, 0.717) is 23.3 Å². The molecule has 0 aliphatic heterocycles. The van der Waals surface area contributed by atoms with E-state index in [9.17, 15) is 14.9 Å². The summed E-state index contributed by atoms with van der Waals surface area (Å²) < 4.78 is 5.19. The minimum absolute atomic E-state index is 0.0263. The molecule has 1 heterocycles. The molecule has 5 nitrogen and oxygen atoms in total. The Labute approximate surface area is 103 Å². The molecule has 0 spiro atoms. The van der Waals surface area contributed by atoms with Gasteiger partial charge in [0.25, 0.3) is 5.69 Å². The Hall–Kier alpha value is -2.43. The van der Waals surface area contributed by atoms with Crippen molar-refractivity contribution in [3.63, 3.8) is 0 Å². The SMILES string of the molecule is CC(=O)c1ccc([N+](=O)[O-])cc1Cc1ccco1. The van der Waals surface area contributed by atoms with Crippen molar-refractivity contribution in [1.82, 2.24) is 0 Å². The molecule has 0 saturated heterocycles. The zero-order valence-corrected chi connectivity index (χ0v) is 9.75. The van der Waals surface area contributed by atoms with Gasteiger partial charge in [-0.05, 0) is 30.7 Å². The number of furan rings is 1. The molecule has 1 aromatic heterocycles. The molecule has 0 bridgehead atoms. The van der Waals surface area contributed by atoms with Crippen LogP contribution in [0.15, 0.2) is 41.0 Å². The highest BCUT2D eigenvalue weighted by atomic mass is 16.6. The molecule has 0 radical (unpaired) electrons. The Balaban J connectivity index is 2.43. The number of benzene rings is 1. The number of Topliss-reactive ketones (excluding diaryl/α,β-unsaturated/α-hetero) is 1. The summed E-state index contributed by atoms with van der Waals surface area (Å²) in [5.41, 5.74) is 1.06. The maximum atomic E-state index is 11.5. The van der Waals surface area contributed by atoms with Crippen LogP contribution in [0.2, 0.25) is 0 Å². The van der Waals surface area contributed by atoms with Gasteiger partial charge in [-0.3, -0.25) is 14.9 Å². The number of non-ortho nitro benzene ring substituents is 1. The average molecular weight is 245 g/mol. The third-order valence-electron chi connectivity index (χ3n) is 2.62. The maximum absolute atomic E-state index is 11.5. The fourth-order valence-corrected chi connectivity index (χ4v) is 1.78. The van der Waals surface area contributed by atoms with E-state index in [-0.39, 0.29) is 11.5 Å². The maximum Gasteiger partial charge on any atom is 0.269 e. The van der Waals surface area contributed by atoms with E-state index in [1.807, 2.05) is 0 Å². The Bertz CT molecular complexity index is 587. The summed E-state index contributed by atoms with van der Waals surface area (Å²) in [6, 6.07) is 7.74.